The van der Waals surface area contributed by atoms with Crippen molar-refractivity contribution < 1.29 is 32.1 Å². The van der Waals surface area contributed by atoms with Crippen molar-refractivity contribution in [1.29, 1.82) is 0 Å². The van der Waals surface area contributed by atoms with Gasteiger partial charge in [-0.15, -0.1) is 0 Å². The van der Waals surface area contributed by atoms with Crippen LogP contribution < -0.4 is 5.32 Å². The van der Waals surface area contributed by atoms with Crippen LogP contribution in [0.3, 0.4) is 0 Å². The van der Waals surface area contributed by atoms with Crippen LogP contribution in [0.1, 0.15) is 32.2 Å². The van der Waals surface area contributed by atoms with Gasteiger partial charge in [0.05, 0.1) is 17.8 Å². The molecular weight excluding hydrogens is 405 g/mol. The first-order valence-electron chi connectivity index (χ1n) is 9.11. The van der Waals surface area contributed by atoms with Crippen LogP contribution in [0.15, 0.2) is 34.9 Å². The highest BCUT2D eigenvalue weighted by atomic mass is 19.4. The van der Waals surface area contributed by atoms with E-state index in [0.717, 1.165) is 24.3 Å². The third kappa shape index (κ3) is 4.97. The quantitative estimate of drug-likeness (QED) is 0.807. The van der Waals surface area contributed by atoms with Crippen LogP contribution in [0.4, 0.5) is 13.2 Å². The van der Waals surface area contributed by atoms with Crippen LogP contribution in [-0.2, 0) is 11.0 Å². The zero-order valence-electron chi connectivity index (χ0n) is 16.0. The highest BCUT2D eigenvalue weighted by molar-refractivity contribution is 5.96. The number of rotatable bonds is 4. The Morgan fingerprint density at radius 2 is 1.67 bits per heavy atom. The Kier molecular flexibility index (Phi) is 6.09. The summed E-state index contributed by atoms with van der Waals surface area (Å²) in [5.41, 5.74) is -0.243. The maximum atomic E-state index is 12.6. The van der Waals surface area contributed by atoms with E-state index in [-0.39, 0.29) is 42.8 Å². The predicted molar refractivity (Wildman–Crippen MR) is 97.5 cm³/mol. The van der Waals surface area contributed by atoms with E-state index in [2.05, 4.69) is 10.5 Å². The Bertz CT molecular complexity index is 932. The van der Waals surface area contributed by atoms with Crippen molar-refractivity contribution in [2.24, 2.45) is 0 Å². The molecule has 1 saturated heterocycles. The fraction of sp³-hybridized carbons (Fsp3) is 0.368. The molecule has 11 heteroatoms. The predicted octanol–water partition coefficient (Wildman–Crippen LogP) is 1.72. The first kappa shape index (κ1) is 21.3. The lowest BCUT2D eigenvalue weighted by molar-refractivity contribution is -0.137. The van der Waals surface area contributed by atoms with E-state index in [9.17, 15) is 27.6 Å². The molecule has 30 heavy (non-hydrogen) atoms. The van der Waals surface area contributed by atoms with E-state index in [1.807, 2.05) is 0 Å². The SMILES string of the molecule is Cc1cc(C(=O)N2CCN(C(=O)CNC(=O)c3ccc(C(F)(F)F)cc3)CC2)on1. The van der Waals surface area contributed by atoms with Gasteiger partial charge in [-0.3, -0.25) is 14.4 Å². The van der Waals surface area contributed by atoms with Gasteiger partial charge in [0.15, 0.2) is 0 Å². The summed E-state index contributed by atoms with van der Waals surface area (Å²) in [6.45, 7) is 2.58. The monoisotopic (exact) mass is 424 g/mol. The van der Waals surface area contributed by atoms with Crippen molar-refractivity contribution in [3.63, 3.8) is 0 Å². The maximum absolute atomic E-state index is 12.6. The minimum absolute atomic E-state index is 0.0218. The van der Waals surface area contributed by atoms with Crippen LogP contribution in [0.2, 0.25) is 0 Å². The Morgan fingerprint density at radius 1 is 1.07 bits per heavy atom. The molecule has 0 bridgehead atoms. The molecule has 1 N–H and O–H groups in total. The molecule has 0 radical (unpaired) electrons. The van der Waals surface area contributed by atoms with Crippen molar-refractivity contribution in [2.45, 2.75) is 13.1 Å². The summed E-state index contributed by atoms with van der Waals surface area (Å²) in [5.74, 6) is -1.17. The van der Waals surface area contributed by atoms with Crippen LogP contribution in [0, 0.1) is 6.92 Å². The van der Waals surface area contributed by atoms with Gasteiger partial charge in [0, 0.05) is 37.8 Å². The second kappa shape index (κ2) is 8.56. The number of alkyl halides is 3. The average Bonchev–Trinajstić information content (AvgIpc) is 3.17. The lowest BCUT2D eigenvalue weighted by atomic mass is 10.1. The van der Waals surface area contributed by atoms with Crippen LogP contribution in [0.25, 0.3) is 0 Å². The van der Waals surface area contributed by atoms with E-state index in [0.29, 0.717) is 18.8 Å². The second-order valence-electron chi connectivity index (χ2n) is 6.76. The molecule has 1 aromatic heterocycles. The number of hydrogen-bond acceptors (Lipinski definition) is 5. The highest BCUT2D eigenvalue weighted by Crippen LogP contribution is 2.29. The van der Waals surface area contributed by atoms with E-state index >= 15 is 0 Å². The van der Waals surface area contributed by atoms with E-state index in [1.54, 1.807) is 11.8 Å². The van der Waals surface area contributed by atoms with Gasteiger partial charge in [-0.1, -0.05) is 5.16 Å². The molecule has 160 valence electrons. The molecule has 0 atom stereocenters. The normalized spacial score (nSPS) is 14.5. The van der Waals surface area contributed by atoms with Gasteiger partial charge in [-0.2, -0.15) is 13.2 Å². The van der Waals surface area contributed by atoms with Gasteiger partial charge in [0.2, 0.25) is 11.7 Å². The Balaban J connectivity index is 1.46. The topological polar surface area (TPSA) is 95.8 Å². The lowest BCUT2D eigenvalue weighted by Crippen LogP contribution is -2.52. The Morgan fingerprint density at radius 3 is 2.20 bits per heavy atom. The van der Waals surface area contributed by atoms with Crippen molar-refractivity contribution >= 4 is 17.7 Å². The summed E-state index contributed by atoms with van der Waals surface area (Å²) in [5, 5.41) is 6.08. The molecule has 1 aromatic carbocycles. The van der Waals surface area contributed by atoms with Crippen LogP contribution in [0.5, 0.6) is 0 Å². The number of carbonyl (C=O) groups is 3. The van der Waals surface area contributed by atoms with E-state index in [4.69, 9.17) is 4.52 Å². The molecule has 3 amide bonds. The standard InChI is InChI=1S/C19H19F3N4O4/c1-12-10-15(30-24-12)18(29)26-8-6-25(7-9-26)16(27)11-23-17(28)13-2-4-14(5-3-13)19(20,21)22/h2-5,10H,6-9,11H2,1H3,(H,23,28). The fourth-order valence-corrected chi connectivity index (χ4v) is 2.96. The summed E-state index contributed by atoms with van der Waals surface area (Å²) in [6.07, 6.45) is -4.49. The molecule has 2 heterocycles. The highest BCUT2D eigenvalue weighted by Gasteiger charge is 2.30. The number of nitrogens with one attached hydrogen (secondary N) is 1. The molecule has 1 fully saturated rings. The number of amides is 3. The molecule has 0 unspecified atom stereocenters. The van der Waals surface area contributed by atoms with Gasteiger partial charge in [0.25, 0.3) is 11.8 Å². The number of aryl methyl sites for hydroxylation is 1. The molecular formula is C19H19F3N4O4. The third-order valence-corrected chi connectivity index (χ3v) is 4.63. The number of piperazine rings is 1. The number of carbonyl (C=O) groups excluding carboxylic acids is 3. The van der Waals surface area contributed by atoms with Crippen molar-refractivity contribution in [2.75, 3.05) is 32.7 Å². The summed E-state index contributed by atoms with van der Waals surface area (Å²) >= 11 is 0. The first-order valence-corrected chi connectivity index (χ1v) is 9.11. The van der Waals surface area contributed by atoms with Gasteiger partial charge < -0.3 is 19.6 Å². The number of benzene rings is 1. The molecule has 8 nitrogen and oxygen atoms in total. The number of nitrogens with zero attached hydrogens (tertiary/aromatic N) is 3. The van der Waals surface area contributed by atoms with Gasteiger partial charge in [-0.05, 0) is 31.2 Å². The minimum atomic E-state index is -4.49. The van der Waals surface area contributed by atoms with Crippen molar-refractivity contribution in [3.8, 4) is 0 Å². The smallest absolute Gasteiger partial charge is 0.351 e. The number of hydrogen-bond donors (Lipinski definition) is 1. The average molecular weight is 424 g/mol. The Hall–Kier alpha value is -3.37. The number of halogens is 3. The zero-order valence-corrected chi connectivity index (χ0v) is 16.0. The molecule has 1 aliphatic rings. The largest absolute Gasteiger partial charge is 0.416 e. The second-order valence-corrected chi connectivity index (χ2v) is 6.76. The summed E-state index contributed by atoms with van der Waals surface area (Å²) in [6, 6.07) is 5.26. The maximum Gasteiger partial charge on any atom is 0.416 e. The molecule has 1 aliphatic heterocycles. The van der Waals surface area contributed by atoms with Crippen LogP contribution >= 0.6 is 0 Å². The minimum Gasteiger partial charge on any atom is -0.351 e. The van der Waals surface area contributed by atoms with Crippen LogP contribution in [-0.4, -0.2) is 65.4 Å². The van der Waals surface area contributed by atoms with E-state index in [1.165, 1.54) is 11.0 Å². The molecule has 3 rings (SSSR count). The number of aromatic nitrogens is 1. The first-order chi connectivity index (χ1) is 14.1. The summed E-state index contributed by atoms with van der Waals surface area (Å²) in [7, 11) is 0. The van der Waals surface area contributed by atoms with E-state index < -0.39 is 17.6 Å². The van der Waals surface area contributed by atoms with Gasteiger partial charge >= 0.3 is 6.18 Å². The summed E-state index contributed by atoms with van der Waals surface area (Å²) in [4.78, 5) is 39.7. The van der Waals surface area contributed by atoms with Crippen molar-refractivity contribution in [1.82, 2.24) is 20.3 Å². The fourth-order valence-electron chi connectivity index (χ4n) is 2.96. The molecule has 0 aliphatic carbocycles. The van der Waals surface area contributed by atoms with Gasteiger partial charge in [0.1, 0.15) is 0 Å². The molecule has 0 spiro atoms. The summed E-state index contributed by atoms with van der Waals surface area (Å²) < 4.78 is 42.7. The zero-order chi connectivity index (χ0) is 21.9. The van der Waals surface area contributed by atoms with Gasteiger partial charge in [-0.25, -0.2) is 0 Å². The lowest BCUT2D eigenvalue weighted by Gasteiger charge is -2.34. The Labute approximate surface area is 169 Å². The molecule has 2 aromatic rings. The molecule has 0 saturated carbocycles. The third-order valence-electron chi connectivity index (χ3n) is 4.63. The van der Waals surface area contributed by atoms with Crippen molar-refractivity contribution in [3.05, 3.63) is 52.9 Å².